The average molecular weight is 379 g/mol. The summed E-state index contributed by atoms with van der Waals surface area (Å²) in [6.07, 6.45) is 2.15. The second-order valence-corrected chi connectivity index (χ2v) is 6.70. The SMILES string of the molecule is C/C=C1/C(=O)N2C(C(=O)OC(C)OC(=O)OCC)=C3[C@@H](OC)CCC[C@@H]3C12. The summed E-state index contributed by atoms with van der Waals surface area (Å²) < 4.78 is 20.4. The van der Waals surface area contributed by atoms with E-state index < -0.39 is 18.4 Å². The Morgan fingerprint density at radius 3 is 2.67 bits per heavy atom. The molecule has 3 aliphatic rings. The molecule has 148 valence electrons. The second kappa shape index (κ2) is 7.72. The van der Waals surface area contributed by atoms with Crippen molar-refractivity contribution in [3.05, 3.63) is 22.9 Å². The zero-order valence-electron chi connectivity index (χ0n) is 16.0. The molecular weight excluding hydrogens is 354 g/mol. The first kappa shape index (κ1) is 19.4. The van der Waals surface area contributed by atoms with E-state index in [4.69, 9.17) is 14.2 Å². The number of ether oxygens (including phenoxy) is 4. The van der Waals surface area contributed by atoms with Gasteiger partial charge in [0, 0.05) is 25.5 Å². The third-order valence-electron chi connectivity index (χ3n) is 5.27. The lowest BCUT2D eigenvalue weighted by molar-refractivity contribution is -0.167. The fourth-order valence-electron chi connectivity index (χ4n) is 4.24. The number of β-lactam (4-membered cyclic amide) rings is 1. The molecule has 27 heavy (non-hydrogen) atoms. The third-order valence-corrected chi connectivity index (χ3v) is 5.27. The Morgan fingerprint density at radius 1 is 1.30 bits per heavy atom. The quantitative estimate of drug-likeness (QED) is 0.313. The highest BCUT2D eigenvalue weighted by Crippen LogP contribution is 2.51. The van der Waals surface area contributed by atoms with Gasteiger partial charge in [0.05, 0.1) is 18.8 Å². The van der Waals surface area contributed by atoms with Crippen LogP contribution >= 0.6 is 0 Å². The van der Waals surface area contributed by atoms with Crippen LogP contribution in [0.3, 0.4) is 0 Å². The van der Waals surface area contributed by atoms with Crippen LogP contribution in [-0.4, -0.2) is 55.1 Å². The zero-order valence-corrected chi connectivity index (χ0v) is 16.0. The van der Waals surface area contributed by atoms with Gasteiger partial charge in [-0.15, -0.1) is 0 Å². The van der Waals surface area contributed by atoms with Crippen molar-refractivity contribution in [3.63, 3.8) is 0 Å². The van der Waals surface area contributed by atoms with E-state index >= 15 is 0 Å². The van der Waals surface area contributed by atoms with Crippen molar-refractivity contribution in [2.75, 3.05) is 13.7 Å². The van der Waals surface area contributed by atoms with Gasteiger partial charge in [0.15, 0.2) is 0 Å². The Morgan fingerprint density at radius 2 is 2.04 bits per heavy atom. The van der Waals surface area contributed by atoms with Gasteiger partial charge in [0.2, 0.25) is 6.29 Å². The largest absolute Gasteiger partial charge is 0.511 e. The molecule has 1 saturated carbocycles. The molecule has 0 radical (unpaired) electrons. The Kier molecular flexibility index (Phi) is 5.55. The summed E-state index contributed by atoms with van der Waals surface area (Å²) in [4.78, 5) is 38.3. The Labute approximate surface area is 158 Å². The number of fused-ring (bicyclic) bond motifs is 3. The maximum atomic E-state index is 12.9. The van der Waals surface area contributed by atoms with Crippen LogP contribution < -0.4 is 0 Å². The number of allylic oxidation sites excluding steroid dienone is 1. The monoisotopic (exact) mass is 379 g/mol. The molecule has 0 aromatic heterocycles. The molecule has 1 amide bonds. The average Bonchev–Trinajstić information content (AvgIpc) is 2.93. The van der Waals surface area contributed by atoms with E-state index in [2.05, 4.69) is 4.74 Å². The van der Waals surface area contributed by atoms with Crippen LogP contribution in [0, 0.1) is 5.92 Å². The van der Waals surface area contributed by atoms with Gasteiger partial charge in [-0.1, -0.05) is 6.08 Å². The summed E-state index contributed by atoms with van der Waals surface area (Å²) in [5.74, 6) is -0.830. The van der Waals surface area contributed by atoms with Crippen molar-refractivity contribution in [2.45, 2.75) is 58.5 Å². The number of carbonyl (C=O) groups excluding carboxylic acids is 3. The van der Waals surface area contributed by atoms with Crippen molar-refractivity contribution in [3.8, 4) is 0 Å². The van der Waals surface area contributed by atoms with Gasteiger partial charge in [-0.05, 0) is 38.7 Å². The summed E-state index contributed by atoms with van der Waals surface area (Å²) in [7, 11) is 1.60. The van der Waals surface area contributed by atoms with Gasteiger partial charge in [-0.25, -0.2) is 9.59 Å². The molecule has 0 N–H and O–H groups in total. The Bertz CT molecular complexity index is 711. The predicted molar refractivity (Wildman–Crippen MR) is 93.2 cm³/mol. The molecule has 3 rings (SSSR count). The minimum absolute atomic E-state index is 0.0523. The molecule has 2 heterocycles. The van der Waals surface area contributed by atoms with E-state index in [1.54, 1.807) is 20.1 Å². The molecule has 4 atom stereocenters. The standard InChI is InChI=1S/C19H25NO7/c1-5-11-15-12-8-7-9-13(24-4)14(12)16(20(15)17(11)21)18(22)26-10(3)27-19(23)25-6-2/h5,10,12-13,15H,6-9H2,1-4H3/b11-5+/t10?,12-,13-,15?/m0/s1. The van der Waals surface area contributed by atoms with Gasteiger partial charge < -0.3 is 18.9 Å². The van der Waals surface area contributed by atoms with E-state index in [0.717, 1.165) is 24.8 Å². The summed E-state index contributed by atoms with van der Waals surface area (Å²) >= 11 is 0. The predicted octanol–water partition coefficient (Wildman–Crippen LogP) is 2.29. The number of amides is 1. The minimum atomic E-state index is -1.13. The number of carbonyl (C=O) groups is 3. The van der Waals surface area contributed by atoms with Crippen LogP contribution in [0.1, 0.15) is 40.0 Å². The van der Waals surface area contributed by atoms with Crippen LogP contribution in [0.25, 0.3) is 0 Å². The molecule has 2 fully saturated rings. The van der Waals surface area contributed by atoms with Gasteiger partial charge in [0.1, 0.15) is 5.70 Å². The summed E-state index contributed by atoms with van der Waals surface area (Å²) in [6.45, 7) is 5.05. The lowest BCUT2D eigenvalue weighted by atomic mass is 9.75. The topological polar surface area (TPSA) is 91.4 Å². The maximum absolute atomic E-state index is 12.9. The fourth-order valence-corrected chi connectivity index (χ4v) is 4.24. The smallest absolute Gasteiger partial charge is 0.435 e. The van der Waals surface area contributed by atoms with Crippen molar-refractivity contribution in [1.29, 1.82) is 0 Å². The van der Waals surface area contributed by atoms with Gasteiger partial charge in [-0.2, -0.15) is 0 Å². The molecule has 0 spiro atoms. The van der Waals surface area contributed by atoms with E-state index in [-0.39, 0.29) is 36.3 Å². The zero-order chi connectivity index (χ0) is 19.7. The van der Waals surface area contributed by atoms with Crippen LogP contribution in [0.15, 0.2) is 22.9 Å². The number of nitrogens with zero attached hydrogens (tertiary/aromatic N) is 1. The number of hydrogen-bond acceptors (Lipinski definition) is 7. The van der Waals surface area contributed by atoms with Crippen LogP contribution in [0.5, 0.6) is 0 Å². The molecule has 8 nitrogen and oxygen atoms in total. The Balaban J connectivity index is 1.85. The van der Waals surface area contributed by atoms with Crippen LogP contribution in [0.2, 0.25) is 0 Å². The highest BCUT2D eigenvalue weighted by atomic mass is 16.8. The molecule has 0 aromatic rings. The summed E-state index contributed by atoms with van der Waals surface area (Å²) in [5.41, 5.74) is 1.76. The van der Waals surface area contributed by atoms with Crippen molar-refractivity contribution < 1.29 is 33.3 Å². The molecule has 1 aliphatic carbocycles. The summed E-state index contributed by atoms with van der Waals surface area (Å²) in [6, 6.07) is -0.140. The Hall–Kier alpha value is -2.35. The summed E-state index contributed by atoms with van der Waals surface area (Å²) in [5, 5.41) is 0. The molecule has 0 aromatic carbocycles. The highest BCUT2D eigenvalue weighted by Gasteiger charge is 2.58. The maximum Gasteiger partial charge on any atom is 0.511 e. The first-order valence-corrected chi connectivity index (χ1v) is 9.25. The fraction of sp³-hybridized carbons (Fsp3) is 0.632. The van der Waals surface area contributed by atoms with Crippen molar-refractivity contribution in [1.82, 2.24) is 4.90 Å². The first-order chi connectivity index (χ1) is 12.9. The second-order valence-electron chi connectivity index (χ2n) is 6.70. The van der Waals surface area contributed by atoms with Crippen LogP contribution in [-0.2, 0) is 28.5 Å². The lowest BCUT2D eigenvalue weighted by Gasteiger charge is -2.42. The van der Waals surface area contributed by atoms with Gasteiger partial charge in [0.25, 0.3) is 5.91 Å². The van der Waals surface area contributed by atoms with Crippen molar-refractivity contribution >= 4 is 18.0 Å². The number of rotatable bonds is 5. The number of methoxy groups -OCH3 is 1. The molecule has 1 saturated heterocycles. The molecule has 8 heteroatoms. The normalized spacial score (nSPS) is 29.0. The van der Waals surface area contributed by atoms with E-state index in [1.807, 2.05) is 6.92 Å². The molecular formula is C19H25NO7. The van der Waals surface area contributed by atoms with E-state index in [0.29, 0.717) is 5.57 Å². The van der Waals surface area contributed by atoms with Crippen LogP contribution in [0.4, 0.5) is 4.79 Å². The van der Waals surface area contributed by atoms with E-state index in [1.165, 1.54) is 11.8 Å². The lowest BCUT2D eigenvalue weighted by Crippen LogP contribution is -2.55. The molecule has 2 aliphatic heterocycles. The van der Waals surface area contributed by atoms with Gasteiger partial charge in [-0.3, -0.25) is 9.69 Å². The number of esters is 1. The molecule has 2 unspecified atom stereocenters. The van der Waals surface area contributed by atoms with E-state index in [9.17, 15) is 14.4 Å². The van der Waals surface area contributed by atoms with Crippen molar-refractivity contribution in [2.24, 2.45) is 5.92 Å². The third kappa shape index (κ3) is 3.22. The molecule has 0 bridgehead atoms. The first-order valence-electron chi connectivity index (χ1n) is 9.25. The number of hydrogen-bond donors (Lipinski definition) is 0. The minimum Gasteiger partial charge on any atom is -0.435 e. The highest BCUT2D eigenvalue weighted by molar-refractivity contribution is 6.09. The van der Waals surface area contributed by atoms with Gasteiger partial charge >= 0.3 is 12.1 Å².